The molecule has 1 unspecified atom stereocenters. The number of nitrogens with one attached hydrogen (secondary N) is 4. The van der Waals surface area contributed by atoms with E-state index in [1.54, 1.807) is 6.08 Å². The van der Waals surface area contributed by atoms with Gasteiger partial charge < -0.3 is 35.9 Å². The minimum absolute atomic E-state index is 0.0105. The lowest BCUT2D eigenvalue weighted by Gasteiger charge is -2.12. The highest BCUT2D eigenvalue weighted by Gasteiger charge is 2.34. The molecule has 7 N–H and O–H groups in total. The lowest BCUT2D eigenvalue weighted by Crippen LogP contribution is -2.28. The van der Waals surface area contributed by atoms with Gasteiger partial charge in [0.1, 0.15) is 0 Å². The average Bonchev–Trinajstić information content (AvgIpc) is 3.59. The standard InChI is InChI=1S/C33H42N4O6/c1-7-20-19(6)32(42)37-27(20)14-25-18(5)23(10-12-31(40)41)29(35-25)15-28-22(9-11-30(38)39)17(4)24(34-28)13-26-16(3)21(8-2)33(43)36-26/h8,13-16,19-20,26,34-36,43H,2,7,9-12H2,1,3-6H3,(H,37,42)(H,38,39)(H,40,41)/b24-13+,27-14-,28-15+/t16?,19-,20-,26-/m1/s1. The maximum atomic E-state index is 12.4. The Labute approximate surface area is 251 Å². The molecule has 2 aromatic rings. The number of aliphatic hydroxyl groups excluding tert-OH is 1. The van der Waals surface area contributed by atoms with Crippen molar-refractivity contribution < 1.29 is 29.7 Å². The Hall–Kier alpha value is -4.47. The molecule has 1 saturated heterocycles. The van der Waals surface area contributed by atoms with E-state index in [0.717, 1.165) is 62.0 Å². The first-order chi connectivity index (χ1) is 20.4. The van der Waals surface area contributed by atoms with Gasteiger partial charge in [0.2, 0.25) is 5.91 Å². The van der Waals surface area contributed by atoms with E-state index in [4.69, 9.17) is 0 Å². The van der Waals surface area contributed by atoms with E-state index in [0.29, 0.717) is 12.8 Å². The largest absolute Gasteiger partial charge is 0.495 e. The molecule has 0 spiro atoms. The van der Waals surface area contributed by atoms with Crippen LogP contribution in [0, 0.1) is 31.6 Å². The van der Waals surface area contributed by atoms with Crippen molar-refractivity contribution >= 4 is 36.1 Å². The Morgan fingerprint density at radius 3 is 2.14 bits per heavy atom. The number of hydrogen-bond donors (Lipinski definition) is 7. The number of allylic oxidation sites excluding steroid dienone is 2. The summed E-state index contributed by atoms with van der Waals surface area (Å²) in [6.07, 6.45) is 8.79. The number of rotatable bonds is 11. The van der Waals surface area contributed by atoms with Crippen molar-refractivity contribution in [3.63, 3.8) is 0 Å². The minimum Gasteiger partial charge on any atom is -0.495 e. The number of carboxylic acids is 2. The van der Waals surface area contributed by atoms with Gasteiger partial charge in [0.25, 0.3) is 0 Å². The predicted molar refractivity (Wildman–Crippen MR) is 165 cm³/mol. The molecular formula is C33H42N4O6. The number of hydrogen-bond acceptors (Lipinski definition) is 5. The second-order valence-electron chi connectivity index (χ2n) is 11.6. The quantitative estimate of drug-likeness (QED) is 0.211. The molecule has 43 heavy (non-hydrogen) atoms. The highest BCUT2D eigenvalue weighted by atomic mass is 16.4. The zero-order valence-corrected chi connectivity index (χ0v) is 25.4. The molecule has 1 amide bonds. The summed E-state index contributed by atoms with van der Waals surface area (Å²) in [4.78, 5) is 42.4. The number of H-pyrrole nitrogens is 2. The van der Waals surface area contributed by atoms with Gasteiger partial charge in [0, 0.05) is 64.0 Å². The zero-order valence-electron chi connectivity index (χ0n) is 25.4. The highest BCUT2D eigenvalue weighted by Crippen LogP contribution is 2.32. The third-order valence-electron chi connectivity index (χ3n) is 8.96. The van der Waals surface area contributed by atoms with Crippen LogP contribution in [-0.4, -0.2) is 49.2 Å². The maximum absolute atomic E-state index is 12.4. The van der Waals surface area contributed by atoms with Gasteiger partial charge in [0.15, 0.2) is 5.88 Å². The van der Waals surface area contributed by atoms with Gasteiger partial charge in [-0.15, -0.1) is 0 Å². The predicted octanol–water partition coefficient (Wildman–Crippen LogP) is 3.30. The molecule has 1 fully saturated rings. The van der Waals surface area contributed by atoms with Crippen molar-refractivity contribution in [2.75, 3.05) is 0 Å². The van der Waals surface area contributed by atoms with Crippen molar-refractivity contribution in [1.29, 1.82) is 0 Å². The average molecular weight is 591 g/mol. The van der Waals surface area contributed by atoms with Crippen LogP contribution in [0.15, 0.2) is 29.8 Å². The fraction of sp³-hybridized carbons (Fsp3) is 0.424. The molecule has 4 heterocycles. The van der Waals surface area contributed by atoms with Crippen LogP contribution in [0.5, 0.6) is 0 Å². The van der Waals surface area contributed by atoms with E-state index in [1.165, 1.54) is 0 Å². The molecule has 0 saturated carbocycles. The Kier molecular flexibility index (Phi) is 9.37. The van der Waals surface area contributed by atoms with Gasteiger partial charge in [-0.3, -0.25) is 14.4 Å². The van der Waals surface area contributed by atoms with Gasteiger partial charge in [0.05, 0.1) is 6.04 Å². The maximum Gasteiger partial charge on any atom is 0.303 e. The summed E-state index contributed by atoms with van der Waals surface area (Å²) < 4.78 is 0. The van der Waals surface area contributed by atoms with E-state index < -0.39 is 11.9 Å². The fourth-order valence-corrected chi connectivity index (χ4v) is 6.26. The highest BCUT2D eigenvalue weighted by molar-refractivity contribution is 5.86. The van der Waals surface area contributed by atoms with Gasteiger partial charge in [-0.1, -0.05) is 33.4 Å². The second kappa shape index (κ2) is 12.8. The minimum atomic E-state index is -0.905. The van der Waals surface area contributed by atoms with Crippen LogP contribution in [0.3, 0.4) is 0 Å². The lowest BCUT2D eigenvalue weighted by atomic mass is 9.92. The first-order valence-electron chi connectivity index (χ1n) is 14.8. The molecular weight excluding hydrogens is 548 g/mol. The van der Waals surface area contributed by atoms with Crippen molar-refractivity contribution in [2.24, 2.45) is 17.8 Å². The van der Waals surface area contributed by atoms with Crippen molar-refractivity contribution in [3.05, 3.63) is 74.1 Å². The number of carbonyl (C=O) groups excluding carboxylic acids is 1. The monoisotopic (exact) mass is 590 g/mol. The number of carbonyl (C=O) groups is 3. The molecule has 2 aliphatic heterocycles. The van der Waals surface area contributed by atoms with Crippen LogP contribution in [0.1, 0.15) is 73.7 Å². The Balaban J connectivity index is 1.86. The second-order valence-corrected chi connectivity index (χ2v) is 11.6. The number of aliphatic hydroxyl groups is 1. The van der Waals surface area contributed by atoms with Gasteiger partial charge in [-0.05, 0) is 73.6 Å². The molecule has 0 aliphatic carbocycles. The Morgan fingerprint density at radius 1 is 0.907 bits per heavy atom. The van der Waals surface area contributed by atoms with E-state index in [9.17, 15) is 29.7 Å². The van der Waals surface area contributed by atoms with Gasteiger partial charge >= 0.3 is 11.9 Å². The zero-order chi connectivity index (χ0) is 31.6. The summed E-state index contributed by atoms with van der Waals surface area (Å²) in [5, 5.41) is 36.8. The molecule has 2 aliphatic rings. The molecule has 0 aromatic carbocycles. The van der Waals surface area contributed by atoms with Crippen LogP contribution in [0.25, 0.3) is 18.2 Å². The number of amides is 1. The van der Waals surface area contributed by atoms with Crippen molar-refractivity contribution in [1.82, 2.24) is 20.6 Å². The van der Waals surface area contributed by atoms with Crippen molar-refractivity contribution in [2.45, 2.75) is 72.8 Å². The third kappa shape index (κ3) is 6.48. The first-order valence-corrected chi connectivity index (χ1v) is 14.8. The number of aromatic amines is 2. The molecule has 2 aromatic heterocycles. The van der Waals surface area contributed by atoms with E-state index in [1.807, 2.05) is 52.8 Å². The molecule has 230 valence electrons. The summed E-state index contributed by atoms with van der Waals surface area (Å²) >= 11 is 0. The molecule has 4 atom stereocenters. The SMILES string of the molecule is C=CC1=C(O)N[C@H](/C=c2/[nH]/c(=C/c3[nH]c(/C=C4\NC(=O)[C@H](C)[C@H]4CC)c(C)c3CCC(=O)O)c(CCC(=O)O)c2C)C1C. The summed E-state index contributed by atoms with van der Waals surface area (Å²) in [7, 11) is 0. The fourth-order valence-electron chi connectivity index (χ4n) is 6.26. The van der Waals surface area contributed by atoms with E-state index in [2.05, 4.69) is 27.2 Å². The summed E-state index contributed by atoms with van der Waals surface area (Å²) in [5.74, 6) is -1.81. The number of carboxylic acid groups (broad SMARTS) is 2. The number of aromatic nitrogens is 2. The number of aliphatic carboxylic acids is 2. The molecule has 10 heteroatoms. The van der Waals surface area contributed by atoms with Crippen molar-refractivity contribution in [3.8, 4) is 0 Å². The van der Waals surface area contributed by atoms with E-state index in [-0.39, 0.29) is 48.4 Å². The molecule has 10 nitrogen and oxygen atoms in total. The third-order valence-corrected chi connectivity index (χ3v) is 8.96. The smallest absolute Gasteiger partial charge is 0.303 e. The van der Waals surface area contributed by atoms with Gasteiger partial charge in [-0.2, -0.15) is 0 Å². The summed E-state index contributed by atoms with van der Waals surface area (Å²) in [5.41, 5.74) is 6.57. The van der Waals surface area contributed by atoms with Crippen LogP contribution < -0.4 is 21.3 Å². The van der Waals surface area contributed by atoms with Crippen LogP contribution in [-0.2, 0) is 27.2 Å². The normalized spacial score (nSPS) is 23.7. The van der Waals surface area contributed by atoms with Gasteiger partial charge in [-0.25, -0.2) is 0 Å². The Bertz CT molecular complexity index is 1640. The topological polar surface area (TPSA) is 168 Å². The molecule has 0 radical (unpaired) electrons. The van der Waals surface area contributed by atoms with Crippen LogP contribution >= 0.6 is 0 Å². The Morgan fingerprint density at radius 2 is 1.56 bits per heavy atom. The molecule has 4 rings (SSSR count). The lowest BCUT2D eigenvalue weighted by molar-refractivity contribution is -0.138. The summed E-state index contributed by atoms with van der Waals surface area (Å²) in [6, 6.07) is -0.196. The van der Waals surface area contributed by atoms with E-state index >= 15 is 0 Å². The van der Waals surface area contributed by atoms with Crippen LogP contribution in [0.4, 0.5) is 0 Å². The van der Waals surface area contributed by atoms with Crippen LogP contribution in [0.2, 0.25) is 0 Å². The molecule has 0 bridgehead atoms. The summed E-state index contributed by atoms with van der Waals surface area (Å²) in [6.45, 7) is 13.6. The first kappa shape index (κ1) is 31.5.